The topological polar surface area (TPSA) is 123 Å². The molecule has 6 aromatic carbocycles. The number of hydrogen-bond acceptors (Lipinski definition) is 10. The SMILES string of the molecule is CC(C)(C)[Si](OC[C@@H]1CCN2CCCN(CNC(=O)c3cc(OCc4ccccc4)cc(C(=O)NCN4CCC[N+]5=C4N[C@H](CO[Si](c4ccccc4)(c4ccccc4)C(C)(C)C)CC5)c3)C2=N1)(c1ccccc1)c1ccccc1. The fraction of sp³-hybridized carbons (Fsp3) is 0.385. The summed E-state index contributed by atoms with van der Waals surface area (Å²) in [6.07, 6.45) is 3.74. The molecule has 418 valence electrons. The van der Waals surface area contributed by atoms with E-state index in [2.05, 4.69) is 198 Å². The van der Waals surface area contributed by atoms with E-state index in [1.807, 2.05) is 30.3 Å². The average molecular weight is 1110 g/mol. The molecule has 0 aromatic heterocycles. The van der Waals surface area contributed by atoms with Gasteiger partial charge in [-0.3, -0.25) is 19.5 Å². The lowest BCUT2D eigenvalue weighted by atomic mass is 10.1. The standard InChI is InChI=1S/C65H80N8O5Si2/c1-64(2,3)79(56-26-14-8-15-27-56,57-28-16-9-17-29-57)77-46-53-34-40-70-36-22-38-72(62(70)68-53)48-66-60(74)51-42-52(44-55(43-51)76-45-50-24-12-7-13-25-50)61(75)67-49-73-39-23-37-71-41-35-54(69-63(71)73)47-78-80(65(4,5)6,58-30-18-10-19-31-58)59-32-20-11-21-33-59/h7-21,24-33,42-44,53-54H,22-23,34-41,45-49H2,1-6H3,(H2,66,67,74,75)/p+1/t53-,54-/m0/s1. The number of carbonyl (C=O) groups excluding carboxylic acids is 2. The van der Waals surface area contributed by atoms with Crippen molar-refractivity contribution in [1.29, 1.82) is 0 Å². The monoisotopic (exact) mass is 1110 g/mol. The molecule has 6 aromatic rings. The third-order valence-corrected chi connectivity index (χ3v) is 26.4. The van der Waals surface area contributed by atoms with E-state index in [4.69, 9.17) is 18.6 Å². The largest absolute Gasteiger partial charge is 0.489 e. The van der Waals surface area contributed by atoms with E-state index >= 15 is 0 Å². The zero-order valence-electron chi connectivity index (χ0n) is 47.7. The van der Waals surface area contributed by atoms with Crippen molar-refractivity contribution < 1.29 is 27.8 Å². The summed E-state index contributed by atoms with van der Waals surface area (Å²) in [5.74, 6) is 1.74. The van der Waals surface area contributed by atoms with Crippen molar-refractivity contribution in [3.63, 3.8) is 0 Å². The molecule has 80 heavy (non-hydrogen) atoms. The number of fused-ring (bicyclic) bond motifs is 1. The Kier molecular flexibility index (Phi) is 17.4. The van der Waals surface area contributed by atoms with Crippen LogP contribution >= 0.6 is 0 Å². The van der Waals surface area contributed by atoms with E-state index < -0.39 is 16.6 Å². The Morgan fingerprint density at radius 2 is 1.07 bits per heavy atom. The maximum absolute atomic E-state index is 14.4. The number of benzene rings is 6. The van der Waals surface area contributed by atoms with E-state index in [0.717, 1.165) is 82.4 Å². The van der Waals surface area contributed by atoms with Gasteiger partial charge in [-0.1, -0.05) is 193 Å². The molecule has 15 heteroatoms. The van der Waals surface area contributed by atoms with Crippen LogP contribution in [0.15, 0.2) is 175 Å². The molecule has 0 unspecified atom stereocenters. The number of guanidine groups is 2. The summed E-state index contributed by atoms with van der Waals surface area (Å²) in [6, 6.07) is 58.2. The minimum absolute atomic E-state index is 0.0467. The van der Waals surface area contributed by atoms with E-state index in [9.17, 15) is 9.59 Å². The quantitative estimate of drug-likeness (QED) is 0.0565. The van der Waals surface area contributed by atoms with Crippen LogP contribution in [0.5, 0.6) is 5.75 Å². The molecule has 10 rings (SSSR count). The lowest BCUT2D eigenvalue weighted by Gasteiger charge is -2.45. The van der Waals surface area contributed by atoms with Crippen LogP contribution in [0.1, 0.15) is 93.5 Å². The second kappa shape index (κ2) is 24.8. The van der Waals surface area contributed by atoms with Gasteiger partial charge in [0.25, 0.3) is 28.4 Å². The number of ether oxygens (including phenoxy) is 1. The molecular weight excluding hydrogens is 1030 g/mol. The maximum Gasteiger partial charge on any atom is 0.349 e. The Bertz CT molecular complexity index is 3020. The van der Waals surface area contributed by atoms with Gasteiger partial charge in [0, 0.05) is 43.6 Å². The van der Waals surface area contributed by atoms with Crippen LogP contribution in [0, 0.1) is 0 Å². The summed E-state index contributed by atoms with van der Waals surface area (Å²) in [4.78, 5) is 40.9. The zero-order valence-corrected chi connectivity index (χ0v) is 49.7. The van der Waals surface area contributed by atoms with Gasteiger partial charge in [-0.2, -0.15) is 0 Å². The van der Waals surface area contributed by atoms with Gasteiger partial charge in [0.1, 0.15) is 19.0 Å². The molecule has 4 aliphatic heterocycles. The summed E-state index contributed by atoms with van der Waals surface area (Å²) in [6.45, 7) is 20.9. The van der Waals surface area contributed by atoms with Crippen molar-refractivity contribution in [3.05, 3.63) is 187 Å². The Hall–Kier alpha value is -7.05. The van der Waals surface area contributed by atoms with Crippen LogP contribution in [-0.4, -0.2) is 138 Å². The summed E-state index contributed by atoms with van der Waals surface area (Å²) in [5.41, 5.74) is 1.67. The molecular formula is C65H81N8O5Si2+. The molecule has 0 spiro atoms. The van der Waals surface area contributed by atoms with Crippen LogP contribution < -0.4 is 41.4 Å². The third-order valence-electron chi connectivity index (χ3n) is 16.4. The van der Waals surface area contributed by atoms with E-state index in [1.54, 1.807) is 18.2 Å². The lowest BCUT2D eigenvalue weighted by Crippen LogP contribution is -2.68. The van der Waals surface area contributed by atoms with Crippen molar-refractivity contribution in [2.24, 2.45) is 4.99 Å². The van der Waals surface area contributed by atoms with Crippen LogP contribution in [0.2, 0.25) is 10.1 Å². The van der Waals surface area contributed by atoms with Crippen molar-refractivity contribution in [2.45, 2.75) is 96.0 Å². The Labute approximate surface area is 476 Å². The van der Waals surface area contributed by atoms with E-state index in [0.29, 0.717) is 30.1 Å². The fourth-order valence-corrected chi connectivity index (χ4v) is 21.5. The molecule has 4 aliphatic rings. The first-order valence-electron chi connectivity index (χ1n) is 28.8. The Balaban J connectivity index is 0.825. The zero-order chi connectivity index (χ0) is 55.7. The van der Waals surface area contributed by atoms with Gasteiger partial charge in [0.05, 0.1) is 51.6 Å². The Morgan fingerprint density at radius 1 is 0.588 bits per heavy atom. The van der Waals surface area contributed by atoms with E-state index in [-0.39, 0.29) is 53.9 Å². The number of nitrogens with zero attached hydrogens (tertiary/aromatic N) is 5. The molecule has 2 atom stereocenters. The van der Waals surface area contributed by atoms with Gasteiger partial charge in [-0.15, -0.1) is 0 Å². The first kappa shape index (κ1) is 56.2. The number of nitrogens with one attached hydrogen (secondary N) is 3. The predicted molar refractivity (Wildman–Crippen MR) is 326 cm³/mol. The summed E-state index contributed by atoms with van der Waals surface area (Å²) >= 11 is 0. The predicted octanol–water partition coefficient (Wildman–Crippen LogP) is 7.37. The average Bonchev–Trinajstić information content (AvgIpc) is 3.60. The Morgan fingerprint density at radius 3 is 1.60 bits per heavy atom. The van der Waals surface area contributed by atoms with Crippen LogP contribution in [0.25, 0.3) is 0 Å². The van der Waals surface area contributed by atoms with E-state index in [1.165, 1.54) is 20.7 Å². The van der Waals surface area contributed by atoms with Gasteiger partial charge in [0.15, 0.2) is 5.96 Å². The highest BCUT2D eigenvalue weighted by molar-refractivity contribution is 7.00. The molecule has 1 saturated heterocycles. The number of hydrogen-bond donors (Lipinski definition) is 3. The highest BCUT2D eigenvalue weighted by Gasteiger charge is 2.52. The van der Waals surface area contributed by atoms with Crippen molar-refractivity contribution in [3.8, 4) is 5.75 Å². The minimum Gasteiger partial charge on any atom is -0.489 e. The summed E-state index contributed by atoms with van der Waals surface area (Å²) < 4.78 is 23.5. The van der Waals surface area contributed by atoms with Crippen LogP contribution in [0.4, 0.5) is 0 Å². The first-order chi connectivity index (χ1) is 38.7. The molecule has 3 N–H and O–H groups in total. The van der Waals surface area contributed by atoms with Crippen LogP contribution in [-0.2, 0) is 15.5 Å². The molecule has 0 bridgehead atoms. The van der Waals surface area contributed by atoms with Gasteiger partial charge >= 0.3 is 5.96 Å². The fourth-order valence-electron chi connectivity index (χ4n) is 12.3. The molecule has 13 nitrogen and oxygen atoms in total. The van der Waals surface area contributed by atoms with Gasteiger partial charge in [-0.05, 0) is 67.4 Å². The second-order valence-electron chi connectivity index (χ2n) is 23.8. The van der Waals surface area contributed by atoms with Crippen molar-refractivity contribution in [1.82, 2.24) is 30.7 Å². The highest BCUT2D eigenvalue weighted by Crippen LogP contribution is 2.38. The van der Waals surface area contributed by atoms with Crippen molar-refractivity contribution in [2.75, 3.05) is 65.8 Å². The number of amides is 2. The lowest BCUT2D eigenvalue weighted by molar-refractivity contribution is -0.546. The smallest absolute Gasteiger partial charge is 0.349 e. The normalized spacial score (nSPS) is 17.9. The first-order valence-corrected chi connectivity index (χ1v) is 32.6. The third kappa shape index (κ3) is 12.3. The van der Waals surface area contributed by atoms with Gasteiger partial charge < -0.3 is 34.0 Å². The summed E-state index contributed by atoms with van der Waals surface area (Å²) in [7, 11) is -5.51. The molecule has 0 saturated carbocycles. The number of carbonyl (C=O) groups is 2. The van der Waals surface area contributed by atoms with Crippen LogP contribution in [0.3, 0.4) is 0 Å². The van der Waals surface area contributed by atoms with Gasteiger partial charge in [0.2, 0.25) is 0 Å². The molecule has 2 amide bonds. The second-order valence-corrected chi connectivity index (χ2v) is 32.4. The van der Waals surface area contributed by atoms with Gasteiger partial charge in [-0.25, -0.2) is 9.89 Å². The van der Waals surface area contributed by atoms with Crippen molar-refractivity contribution >= 4 is 61.1 Å². The minimum atomic E-state index is -2.76. The summed E-state index contributed by atoms with van der Waals surface area (Å²) in [5, 5.41) is 15.0. The molecule has 4 heterocycles. The molecule has 0 aliphatic carbocycles. The number of rotatable bonds is 19. The highest BCUT2D eigenvalue weighted by atomic mass is 28.4. The molecule has 1 fully saturated rings. The molecule has 0 radical (unpaired) electrons. The number of aliphatic imine (C=N–C) groups is 1. The maximum atomic E-state index is 14.4.